The first-order chi connectivity index (χ1) is 7.17. The molecule has 1 heteroatoms. The number of rotatable bonds is 7. The lowest BCUT2D eigenvalue weighted by Gasteiger charge is -2.18. The predicted molar refractivity (Wildman–Crippen MR) is 74.3 cm³/mol. The van der Waals surface area contributed by atoms with Crippen molar-refractivity contribution >= 4 is 11.8 Å². The molecular formula is C14H26S. The van der Waals surface area contributed by atoms with E-state index in [1.54, 1.807) is 17.3 Å². The Bertz CT molecular complexity index is 207. The molecule has 0 aliphatic rings. The second kappa shape index (κ2) is 9.08. The summed E-state index contributed by atoms with van der Waals surface area (Å²) < 4.78 is 0. The number of allylic oxidation sites excluding steroid dienone is 3. The minimum absolute atomic E-state index is 0.798. The van der Waals surface area contributed by atoms with Crippen molar-refractivity contribution in [1.82, 2.24) is 0 Å². The van der Waals surface area contributed by atoms with Crippen LogP contribution >= 0.6 is 11.8 Å². The molecule has 0 atom stereocenters. The Hall–Kier alpha value is -0.170. The van der Waals surface area contributed by atoms with Gasteiger partial charge in [0.25, 0.3) is 0 Å². The van der Waals surface area contributed by atoms with Gasteiger partial charge in [-0.1, -0.05) is 43.9 Å². The molecule has 0 amide bonds. The van der Waals surface area contributed by atoms with Crippen LogP contribution < -0.4 is 0 Å². The van der Waals surface area contributed by atoms with Gasteiger partial charge in [-0.3, -0.25) is 0 Å². The molecule has 0 rings (SSSR count). The van der Waals surface area contributed by atoms with E-state index in [1.807, 2.05) is 0 Å². The summed E-state index contributed by atoms with van der Waals surface area (Å²) in [7, 11) is 0. The molecule has 0 unspecified atom stereocenters. The van der Waals surface area contributed by atoms with Crippen molar-refractivity contribution in [2.75, 3.05) is 6.26 Å². The summed E-state index contributed by atoms with van der Waals surface area (Å²) >= 11 is 1.77. The van der Waals surface area contributed by atoms with Crippen LogP contribution in [0.5, 0.6) is 0 Å². The number of hydrogen-bond donors (Lipinski definition) is 0. The SMILES string of the molecule is CCCC(CCC)/C(C)=C(\C)C=CSC. The molecule has 0 aromatic heterocycles. The van der Waals surface area contributed by atoms with Crippen LogP contribution in [-0.4, -0.2) is 6.26 Å². The first-order valence-electron chi connectivity index (χ1n) is 6.04. The van der Waals surface area contributed by atoms with Crippen molar-refractivity contribution in [3.63, 3.8) is 0 Å². The molecule has 0 N–H and O–H groups in total. The molecule has 0 heterocycles. The van der Waals surface area contributed by atoms with E-state index in [9.17, 15) is 0 Å². The first-order valence-corrected chi connectivity index (χ1v) is 7.32. The highest BCUT2D eigenvalue weighted by Gasteiger charge is 2.09. The summed E-state index contributed by atoms with van der Waals surface area (Å²) in [5.41, 5.74) is 3.04. The highest BCUT2D eigenvalue weighted by atomic mass is 32.2. The summed E-state index contributed by atoms with van der Waals surface area (Å²) in [6, 6.07) is 0. The largest absolute Gasteiger partial charge is 0.138 e. The van der Waals surface area contributed by atoms with Crippen molar-refractivity contribution < 1.29 is 0 Å². The van der Waals surface area contributed by atoms with Gasteiger partial charge in [0, 0.05) is 0 Å². The van der Waals surface area contributed by atoms with Gasteiger partial charge in [0.2, 0.25) is 0 Å². The van der Waals surface area contributed by atoms with Crippen LogP contribution in [0, 0.1) is 5.92 Å². The summed E-state index contributed by atoms with van der Waals surface area (Å²) in [6.07, 6.45) is 9.62. The molecular weight excluding hydrogens is 200 g/mol. The maximum Gasteiger partial charge on any atom is -0.0142 e. The molecule has 0 nitrogen and oxygen atoms in total. The standard InChI is InChI=1S/C14H26S/c1-6-8-14(9-7-2)13(4)12(3)10-11-15-5/h10-11,14H,6-9H2,1-5H3/b11-10?,13-12+. The van der Waals surface area contributed by atoms with Crippen molar-refractivity contribution in [3.8, 4) is 0 Å². The van der Waals surface area contributed by atoms with Crippen LogP contribution in [0.15, 0.2) is 22.6 Å². The van der Waals surface area contributed by atoms with Gasteiger partial charge >= 0.3 is 0 Å². The molecule has 0 fully saturated rings. The van der Waals surface area contributed by atoms with Crippen molar-refractivity contribution in [2.45, 2.75) is 53.4 Å². The Labute approximate surface area is 100 Å². The Morgan fingerprint density at radius 3 is 2.07 bits per heavy atom. The van der Waals surface area contributed by atoms with Crippen LogP contribution in [0.4, 0.5) is 0 Å². The van der Waals surface area contributed by atoms with Crippen LogP contribution in [-0.2, 0) is 0 Å². The molecule has 0 aromatic carbocycles. The summed E-state index contributed by atoms with van der Waals surface area (Å²) in [5.74, 6) is 0.798. The lowest BCUT2D eigenvalue weighted by Crippen LogP contribution is -2.03. The highest BCUT2D eigenvalue weighted by molar-refractivity contribution is 8.01. The fourth-order valence-electron chi connectivity index (χ4n) is 1.90. The lowest BCUT2D eigenvalue weighted by molar-refractivity contribution is 0.501. The fraction of sp³-hybridized carbons (Fsp3) is 0.714. The minimum Gasteiger partial charge on any atom is -0.138 e. The van der Waals surface area contributed by atoms with Gasteiger partial charge < -0.3 is 0 Å². The molecule has 0 saturated heterocycles. The Balaban J connectivity index is 4.56. The monoisotopic (exact) mass is 226 g/mol. The van der Waals surface area contributed by atoms with Gasteiger partial charge in [0.05, 0.1) is 0 Å². The Morgan fingerprint density at radius 2 is 1.67 bits per heavy atom. The van der Waals surface area contributed by atoms with Gasteiger partial charge in [-0.15, -0.1) is 11.8 Å². The summed E-state index contributed by atoms with van der Waals surface area (Å²) in [4.78, 5) is 0. The smallest absolute Gasteiger partial charge is 0.0142 e. The van der Waals surface area contributed by atoms with Crippen LogP contribution in [0.3, 0.4) is 0 Å². The molecule has 0 aliphatic carbocycles. The van der Waals surface area contributed by atoms with E-state index < -0.39 is 0 Å². The molecule has 88 valence electrons. The van der Waals surface area contributed by atoms with Gasteiger partial charge in [-0.05, 0) is 44.3 Å². The molecule has 15 heavy (non-hydrogen) atoms. The average Bonchev–Trinajstić information content (AvgIpc) is 2.24. The van der Waals surface area contributed by atoms with Crippen molar-refractivity contribution in [2.24, 2.45) is 5.92 Å². The third-order valence-electron chi connectivity index (χ3n) is 2.96. The van der Waals surface area contributed by atoms with Gasteiger partial charge in [-0.25, -0.2) is 0 Å². The maximum absolute atomic E-state index is 2.30. The van der Waals surface area contributed by atoms with Crippen LogP contribution in [0.2, 0.25) is 0 Å². The zero-order valence-electron chi connectivity index (χ0n) is 11.0. The van der Waals surface area contributed by atoms with Crippen molar-refractivity contribution in [1.29, 1.82) is 0 Å². The molecule has 0 bridgehead atoms. The molecule has 0 spiro atoms. The van der Waals surface area contributed by atoms with Crippen molar-refractivity contribution in [3.05, 3.63) is 22.6 Å². The van der Waals surface area contributed by atoms with E-state index in [-0.39, 0.29) is 0 Å². The van der Waals surface area contributed by atoms with E-state index >= 15 is 0 Å². The normalized spacial score (nSPS) is 13.7. The van der Waals surface area contributed by atoms with Gasteiger partial charge in [0.1, 0.15) is 0 Å². The van der Waals surface area contributed by atoms with Gasteiger partial charge in [0.15, 0.2) is 0 Å². The fourth-order valence-corrected chi connectivity index (χ4v) is 2.24. The van der Waals surface area contributed by atoms with E-state index in [2.05, 4.69) is 45.4 Å². The Morgan fingerprint density at radius 1 is 1.13 bits per heavy atom. The number of hydrogen-bond acceptors (Lipinski definition) is 1. The zero-order valence-corrected chi connectivity index (χ0v) is 11.8. The molecule has 0 aromatic rings. The second-order valence-electron chi connectivity index (χ2n) is 4.18. The first kappa shape index (κ1) is 14.8. The van der Waals surface area contributed by atoms with E-state index in [0.29, 0.717) is 0 Å². The van der Waals surface area contributed by atoms with E-state index in [1.165, 1.54) is 31.3 Å². The van der Waals surface area contributed by atoms with Crippen LogP contribution in [0.25, 0.3) is 0 Å². The lowest BCUT2D eigenvalue weighted by atomic mass is 9.88. The summed E-state index contributed by atoms with van der Waals surface area (Å²) in [6.45, 7) is 9.10. The third-order valence-corrected chi connectivity index (χ3v) is 3.37. The predicted octanol–water partition coefficient (Wildman–Crippen LogP) is 5.42. The summed E-state index contributed by atoms with van der Waals surface area (Å²) in [5, 5.41) is 2.17. The third kappa shape index (κ3) is 6.09. The zero-order chi connectivity index (χ0) is 11.7. The quantitative estimate of drug-likeness (QED) is 0.523. The molecule has 0 saturated carbocycles. The second-order valence-corrected chi connectivity index (χ2v) is 4.92. The van der Waals surface area contributed by atoms with Gasteiger partial charge in [-0.2, -0.15) is 0 Å². The molecule has 0 radical (unpaired) electrons. The Kier molecular flexibility index (Phi) is 8.98. The maximum atomic E-state index is 2.30. The topological polar surface area (TPSA) is 0 Å². The van der Waals surface area contributed by atoms with Crippen LogP contribution in [0.1, 0.15) is 53.4 Å². The average molecular weight is 226 g/mol. The van der Waals surface area contributed by atoms with E-state index in [0.717, 1.165) is 5.92 Å². The molecule has 0 aliphatic heterocycles. The number of thioether (sulfide) groups is 1. The highest BCUT2D eigenvalue weighted by Crippen LogP contribution is 2.25. The van der Waals surface area contributed by atoms with E-state index in [4.69, 9.17) is 0 Å². The minimum atomic E-state index is 0.798.